The van der Waals surface area contributed by atoms with E-state index in [1.165, 1.54) is 5.56 Å². The molecule has 0 saturated heterocycles. The second-order valence-electron chi connectivity index (χ2n) is 8.60. The van der Waals surface area contributed by atoms with Crippen LogP contribution in [0.5, 0.6) is 0 Å². The normalized spacial score (nSPS) is 12.4. The Bertz CT molecular complexity index is 1010. The molecule has 7 nitrogen and oxygen atoms in total. The van der Waals surface area contributed by atoms with Crippen molar-refractivity contribution in [1.82, 2.24) is 10.6 Å². The van der Waals surface area contributed by atoms with Crippen molar-refractivity contribution < 1.29 is 19.2 Å². The average Bonchev–Trinajstić information content (AvgIpc) is 2.78. The van der Waals surface area contributed by atoms with Crippen molar-refractivity contribution in [2.24, 2.45) is 5.92 Å². The van der Waals surface area contributed by atoms with Crippen LogP contribution >= 0.6 is 0 Å². The standard InChI is InChI=1S/C26H32N4O3/c1-5-6-22(24(31)16-28-27)29-26(33)23(15-17(2)3)30-25(32)21-13-11-20(12-14-21)19-9-7-18(4)8-10-19/h7-14,16-17,22-23H,5-6,15H2,1-4H3,(H,29,33)(H,30,32)/t22?,23-/m0/s1. The zero-order chi connectivity index (χ0) is 24.4. The lowest BCUT2D eigenvalue weighted by Gasteiger charge is -2.23. The number of carbonyl (C=O) groups is 3. The molecule has 0 heterocycles. The molecule has 2 N–H and O–H groups in total. The summed E-state index contributed by atoms with van der Waals surface area (Å²) in [7, 11) is 0. The molecule has 2 amide bonds. The first-order valence-electron chi connectivity index (χ1n) is 11.2. The molecule has 0 bridgehead atoms. The Morgan fingerprint density at radius 1 is 0.939 bits per heavy atom. The van der Waals surface area contributed by atoms with E-state index >= 15 is 0 Å². The van der Waals surface area contributed by atoms with Crippen LogP contribution in [0.15, 0.2) is 48.5 Å². The lowest BCUT2D eigenvalue weighted by molar-refractivity contribution is -0.127. The zero-order valence-corrected chi connectivity index (χ0v) is 19.7. The average molecular weight is 449 g/mol. The Kier molecular flexibility index (Phi) is 9.70. The van der Waals surface area contributed by atoms with Gasteiger partial charge in [0.25, 0.3) is 11.7 Å². The van der Waals surface area contributed by atoms with E-state index in [9.17, 15) is 14.4 Å². The van der Waals surface area contributed by atoms with Gasteiger partial charge in [0, 0.05) is 5.56 Å². The van der Waals surface area contributed by atoms with Crippen LogP contribution in [0, 0.1) is 12.8 Å². The molecule has 0 spiro atoms. The molecule has 7 heteroatoms. The SMILES string of the molecule is CCCC(NC(=O)[C@H](CC(C)C)NC(=O)c1ccc(-c2ccc(C)cc2)cc1)C(=O)C=[N+]=[N-]. The summed E-state index contributed by atoms with van der Waals surface area (Å²) in [6.07, 6.45) is 2.26. The molecule has 2 aromatic carbocycles. The van der Waals surface area contributed by atoms with E-state index in [-0.39, 0.29) is 11.8 Å². The zero-order valence-electron chi connectivity index (χ0n) is 19.7. The second kappa shape index (κ2) is 12.5. The maximum atomic E-state index is 12.9. The molecule has 0 radical (unpaired) electrons. The number of hydrogen-bond donors (Lipinski definition) is 2. The van der Waals surface area contributed by atoms with E-state index in [1.807, 2.05) is 64.1 Å². The van der Waals surface area contributed by atoms with E-state index in [1.54, 1.807) is 12.1 Å². The van der Waals surface area contributed by atoms with E-state index in [0.29, 0.717) is 24.8 Å². The summed E-state index contributed by atoms with van der Waals surface area (Å²) in [6, 6.07) is 13.7. The van der Waals surface area contributed by atoms with Crippen molar-refractivity contribution >= 4 is 23.8 Å². The molecule has 2 rings (SSSR count). The first-order valence-corrected chi connectivity index (χ1v) is 11.2. The number of carbonyl (C=O) groups excluding carboxylic acids is 3. The fourth-order valence-corrected chi connectivity index (χ4v) is 3.50. The predicted molar refractivity (Wildman–Crippen MR) is 129 cm³/mol. The molecule has 0 saturated carbocycles. The Hall–Kier alpha value is -3.57. The van der Waals surface area contributed by atoms with Crippen molar-refractivity contribution in [1.29, 1.82) is 0 Å². The highest BCUT2D eigenvalue weighted by atomic mass is 16.2. The summed E-state index contributed by atoms with van der Waals surface area (Å²) in [5, 5.41) is 5.50. The number of nitrogens with zero attached hydrogens (tertiary/aromatic N) is 2. The molecular formula is C26H32N4O3. The van der Waals surface area contributed by atoms with Gasteiger partial charge in [-0.15, -0.1) is 0 Å². The largest absolute Gasteiger partial charge is 0.361 e. The Balaban J connectivity index is 2.13. The monoisotopic (exact) mass is 448 g/mol. The highest BCUT2D eigenvalue weighted by molar-refractivity contribution is 6.28. The molecule has 2 atom stereocenters. The van der Waals surface area contributed by atoms with Crippen molar-refractivity contribution in [3.8, 4) is 11.1 Å². The van der Waals surface area contributed by atoms with E-state index < -0.39 is 23.8 Å². The third kappa shape index (κ3) is 7.81. The summed E-state index contributed by atoms with van der Waals surface area (Å²) in [5.74, 6) is -1.15. The molecule has 0 aliphatic heterocycles. The second-order valence-corrected chi connectivity index (χ2v) is 8.60. The maximum absolute atomic E-state index is 12.9. The van der Waals surface area contributed by atoms with Gasteiger partial charge >= 0.3 is 6.21 Å². The number of amides is 2. The minimum absolute atomic E-state index is 0.143. The van der Waals surface area contributed by atoms with Crippen LogP contribution in [0.3, 0.4) is 0 Å². The number of Topliss-reactive ketones (excluding diaryl/α,β-unsaturated/α-hetero) is 1. The molecule has 1 unspecified atom stereocenters. The summed E-state index contributed by atoms with van der Waals surface area (Å²) in [4.78, 5) is 40.7. The fourth-order valence-electron chi connectivity index (χ4n) is 3.50. The Labute approximate surface area is 195 Å². The summed E-state index contributed by atoms with van der Waals surface area (Å²) in [6.45, 7) is 7.82. The predicted octanol–water partition coefficient (Wildman–Crippen LogP) is 3.96. The van der Waals surface area contributed by atoms with Crippen LogP contribution in [0.25, 0.3) is 16.7 Å². The third-order valence-electron chi connectivity index (χ3n) is 5.28. The van der Waals surface area contributed by atoms with Crippen LogP contribution in [-0.4, -0.2) is 40.7 Å². The number of benzene rings is 2. The highest BCUT2D eigenvalue weighted by Crippen LogP contribution is 2.20. The van der Waals surface area contributed by atoms with Gasteiger partial charge in [0.15, 0.2) is 0 Å². The smallest absolute Gasteiger partial charge is 0.325 e. The summed E-state index contributed by atoms with van der Waals surface area (Å²) in [5.41, 5.74) is 12.3. The van der Waals surface area contributed by atoms with Crippen molar-refractivity contribution in [3.63, 3.8) is 0 Å². The molecule has 0 fully saturated rings. The third-order valence-corrected chi connectivity index (χ3v) is 5.28. The van der Waals surface area contributed by atoms with Gasteiger partial charge in [0.1, 0.15) is 6.04 Å². The number of aryl methyl sites for hydroxylation is 1. The van der Waals surface area contributed by atoms with Gasteiger partial charge < -0.3 is 16.2 Å². The van der Waals surface area contributed by atoms with Gasteiger partial charge in [-0.1, -0.05) is 69.2 Å². The fraction of sp³-hybridized carbons (Fsp3) is 0.385. The van der Waals surface area contributed by atoms with E-state index in [4.69, 9.17) is 5.53 Å². The first kappa shape index (κ1) is 25.7. The molecule has 2 aromatic rings. The van der Waals surface area contributed by atoms with Crippen LogP contribution < -0.4 is 10.6 Å². The quantitative estimate of drug-likeness (QED) is 0.308. The van der Waals surface area contributed by atoms with Crippen LogP contribution in [-0.2, 0) is 9.59 Å². The van der Waals surface area contributed by atoms with Gasteiger partial charge in [-0.05, 0) is 48.9 Å². The molecule has 0 aliphatic carbocycles. The highest BCUT2D eigenvalue weighted by Gasteiger charge is 2.27. The van der Waals surface area contributed by atoms with E-state index in [0.717, 1.165) is 17.3 Å². The number of nitrogens with one attached hydrogen (secondary N) is 2. The Morgan fingerprint density at radius 3 is 2.03 bits per heavy atom. The Morgan fingerprint density at radius 2 is 1.52 bits per heavy atom. The lowest BCUT2D eigenvalue weighted by atomic mass is 10.00. The topological polar surface area (TPSA) is 112 Å². The summed E-state index contributed by atoms with van der Waals surface area (Å²) >= 11 is 0. The first-order chi connectivity index (χ1) is 15.7. The van der Waals surface area contributed by atoms with Gasteiger partial charge in [-0.3, -0.25) is 14.4 Å². The molecule has 174 valence electrons. The molecule has 0 aromatic heterocycles. The van der Waals surface area contributed by atoms with Gasteiger partial charge in [0.2, 0.25) is 5.91 Å². The molecule has 33 heavy (non-hydrogen) atoms. The maximum Gasteiger partial charge on any atom is 0.325 e. The van der Waals surface area contributed by atoms with Crippen LogP contribution in [0.4, 0.5) is 0 Å². The van der Waals surface area contributed by atoms with E-state index in [2.05, 4.69) is 15.4 Å². The van der Waals surface area contributed by atoms with Gasteiger partial charge in [0.05, 0.1) is 6.04 Å². The lowest BCUT2D eigenvalue weighted by Crippen LogP contribution is -2.52. The van der Waals surface area contributed by atoms with Gasteiger partial charge in [-0.25, -0.2) is 0 Å². The van der Waals surface area contributed by atoms with Crippen LogP contribution in [0.2, 0.25) is 0 Å². The number of hydrogen-bond acceptors (Lipinski definition) is 3. The van der Waals surface area contributed by atoms with Crippen LogP contribution in [0.1, 0.15) is 56.0 Å². The van der Waals surface area contributed by atoms with Gasteiger partial charge in [-0.2, -0.15) is 4.79 Å². The van der Waals surface area contributed by atoms with Crippen molar-refractivity contribution in [2.75, 3.05) is 0 Å². The summed E-state index contributed by atoms with van der Waals surface area (Å²) < 4.78 is 0. The number of ketones is 1. The van der Waals surface area contributed by atoms with Crippen molar-refractivity contribution in [2.45, 2.75) is 59.0 Å². The molecular weight excluding hydrogens is 416 g/mol. The minimum Gasteiger partial charge on any atom is -0.361 e. The molecule has 0 aliphatic rings. The minimum atomic E-state index is -0.807. The van der Waals surface area contributed by atoms with Crippen molar-refractivity contribution in [3.05, 3.63) is 65.2 Å². The number of rotatable bonds is 11.